The van der Waals surface area contributed by atoms with Gasteiger partial charge in [0.05, 0.1) is 18.3 Å². The number of carbonyl (C=O) groups excluding carboxylic acids is 2. The molecule has 1 N–H and O–H groups in total. The number of nitrogens with zero attached hydrogens (tertiary/aromatic N) is 1. The Hall–Kier alpha value is -3.59. The van der Waals surface area contributed by atoms with E-state index in [1.807, 2.05) is 24.3 Å². The normalized spacial score (nSPS) is 11.9. The van der Waals surface area contributed by atoms with E-state index in [-0.39, 0.29) is 5.75 Å². The van der Waals surface area contributed by atoms with Gasteiger partial charge in [0.25, 0.3) is 5.91 Å². The Kier molecular flexibility index (Phi) is 8.10. The maximum absolute atomic E-state index is 12.8. The van der Waals surface area contributed by atoms with Crippen LogP contribution >= 0.6 is 34.5 Å². The molecule has 1 atom stereocenters. The zero-order chi connectivity index (χ0) is 25.7. The van der Waals surface area contributed by atoms with E-state index in [2.05, 4.69) is 10.5 Å². The second-order valence-electron chi connectivity index (χ2n) is 7.49. The third-order valence-corrected chi connectivity index (χ3v) is 6.90. The summed E-state index contributed by atoms with van der Waals surface area (Å²) in [5.41, 5.74) is 3.04. The SMILES string of the molecule is COc1cc(C=NNC(=O)C(C)Oc2ccc(Cl)cc2)ccc1OC(=O)c1sc2ccccc2c1Cl. The number of thiophene rings is 1. The van der Waals surface area contributed by atoms with Crippen molar-refractivity contribution in [2.24, 2.45) is 5.10 Å². The second kappa shape index (κ2) is 11.4. The summed E-state index contributed by atoms with van der Waals surface area (Å²) >= 11 is 13.5. The summed E-state index contributed by atoms with van der Waals surface area (Å²) in [6, 6.07) is 19.0. The summed E-state index contributed by atoms with van der Waals surface area (Å²) in [5.74, 6) is 0.0390. The average Bonchev–Trinajstić information content (AvgIpc) is 3.22. The number of methoxy groups -OCH3 is 1. The molecule has 0 saturated heterocycles. The van der Waals surface area contributed by atoms with Gasteiger partial charge in [-0.25, -0.2) is 10.2 Å². The van der Waals surface area contributed by atoms with Crippen molar-refractivity contribution in [2.75, 3.05) is 7.11 Å². The molecule has 4 rings (SSSR count). The molecule has 184 valence electrons. The summed E-state index contributed by atoms with van der Waals surface area (Å²) in [4.78, 5) is 25.3. The Bertz CT molecular complexity index is 1440. The summed E-state index contributed by atoms with van der Waals surface area (Å²) < 4.78 is 17.4. The number of halogens is 2. The maximum Gasteiger partial charge on any atom is 0.355 e. The third-order valence-electron chi connectivity index (χ3n) is 4.99. The van der Waals surface area contributed by atoms with Gasteiger partial charge in [0.2, 0.25) is 0 Å². The second-order valence-corrected chi connectivity index (χ2v) is 9.36. The van der Waals surface area contributed by atoms with Gasteiger partial charge < -0.3 is 14.2 Å². The highest BCUT2D eigenvalue weighted by Gasteiger charge is 2.20. The molecule has 10 heteroatoms. The molecule has 0 saturated carbocycles. The molecule has 0 fully saturated rings. The molecule has 0 aliphatic heterocycles. The molecule has 0 aliphatic carbocycles. The van der Waals surface area contributed by atoms with Crippen molar-refractivity contribution in [2.45, 2.75) is 13.0 Å². The summed E-state index contributed by atoms with van der Waals surface area (Å²) in [6.07, 6.45) is 0.657. The zero-order valence-electron chi connectivity index (χ0n) is 19.2. The molecule has 1 aromatic heterocycles. The number of hydrogen-bond acceptors (Lipinski definition) is 7. The third kappa shape index (κ3) is 5.96. The number of ether oxygens (including phenoxy) is 3. The van der Waals surface area contributed by atoms with Gasteiger partial charge in [0, 0.05) is 15.1 Å². The molecule has 7 nitrogen and oxygen atoms in total. The van der Waals surface area contributed by atoms with Crippen molar-refractivity contribution in [3.8, 4) is 17.2 Å². The molecule has 1 heterocycles. The van der Waals surface area contributed by atoms with E-state index < -0.39 is 18.0 Å². The van der Waals surface area contributed by atoms with Crippen LogP contribution in [0, 0.1) is 0 Å². The number of carbonyl (C=O) groups is 2. The van der Waals surface area contributed by atoms with Crippen LogP contribution in [-0.4, -0.2) is 31.3 Å². The minimum Gasteiger partial charge on any atom is -0.493 e. The van der Waals surface area contributed by atoms with Crippen LogP contribution in [0.2, 0.25) is 10.0 Å². The van der Waals surface area contributed by atoms with Crippen LogP contribution < -0.4 is 19.6 Å². The summed E-state index contributed by atoms with van der Waals surface area (Å²) in [7, 11) is 1.46. The minimum absolute atomic E-state index is 0.224. The first-order valence-electron chi connectivity index (χ1n) is 10.7. The number of rotatable bonds is 8. The summed E-state index contributed by atoms with van der Waals surface area (Å²) in [5, 5.41) is 5.69. The lowest BCUT2D eigenvalue weighted by molar-refractivity contribution is -0.127. The molecule has 3 aromatic carbocycles. The number of benzene rings is 3. The van der Waals surface area contributed by atoms with E-state index in [4.69, 9.17) is 37.4 Å². The van der Waals surface area contributed by atoms with Gasteiger partial charge in [-0.2, -0.15) is 5.10 Å². The Balaban J connectivity index is 1.39. The Morgan fingerprint density at radius 1 is 1.03 bits per heavy atom. The van der Waals surface area contributed by atoms with Crippen LogP contribution in [0.25, 0.3) is 10.1 Å². The Labute approximate surface area is 221 Å². The Morgan fingerprint density at radius 3 is 2.50 bits per heavy atom. The number of fused-ring (bicyclic) bond motifs is 1. The highest BCUT2D eigenvalue weighted by atomic mass is 35.5. The van der Waals surface area contributed by atoms with Gasteiger partial charge >= 0.3 is 5.97 Å². The fourth-order valence-electron chi connectivity index (χ4n) is 3.17. The number of nitrogens with one attached hydrogen (secondary N) is 1. The molecule has 1 unspecified atom stereocenters. The van der Waals surface area contributed by atoms with Crippen molar-refractivity contribution in [3.63, 3.8) is 0 Å². The van der Waals surface area contributed by atoms with Gasteiger partial charge in [-0.05, 0) is 61.0 Å². The first-order valence-corrected chi connectivity index (χ1v) is 12.3. The van der Waals surface area contributed by atoms with Crippen molar-refractivity contribution >= 4 is 62.7 Å². The Morgan fingerprint density at radius 2 is 1.78 bits per heavy atom. The van der Waals surface area contributed by atoms with Crippen molar-refractivity contribution < 1.29 is 23.8 Å². The van der Waals surface area contributed by atoms with Crippen molar-refractivity contribution in [1.29, 1.82) is 0 Å². The number of amides is 1. The molecule has 1 amide bonds. The quantitative estimate of drug-likeness (QED) is 0.121. The number of esters is 1. The van der Waals surface area contributed by atoms with E-state index in [9.17, 15) is 9.59 Å². The topological polar surface area (TPSA) is 86.2 Å². The van der Waals surface area contributed by atoms with Gasteiger partial charge in [0.1, 0.15) is 10.6 Å². The van der Waals surface area contributed by atoms with Crippen LogP contribution in [0.5, 0.6) is 17.2 Å². The lowest BCUT2D eigenvalue weighted by Gasteiger charge is -2.13. The first-order chi connectivity index (χ1) is 17.4. The monoisotopic (exact) mass is 542 g/mol. The zero-order valence-corrected chi connectivity index (χ0v) is 21.5. The van der Waals surface area contributed by atoms with E-state index in [0.29, 0.717) is 32.0 Å². The largest absolute Gasteiger partial charge is 0.493 e. The predicted molar refractivity (Wildman–Crippen MR) is 142 cm³/mol. The van der Waals surface area contributed by atoms with Crippen LogP contribution in [0.4, 0.5) is 0 Å². The molecule has 4 aromatic rings. The van der Waals surface area contributed by atoms with E-state index in [1.165, 1.54) is 24.7 Å². The van der Waals surface area contributed by atoms with Crippen LogP contribution in [0.1, 0.15) is 22.2 Å². The van der Waals surface area contributed by atoms with Gasteiger partial charge in [0.15, 0.2) is 17.6 Å². The molecule has 36 heavy (non-hydrogen) atoms. The number of hydrazone groups is 1. The van der Waals surface area contributed by atoms with Crippen LogP contribution in [-0.2, 0) is 4.79 Å². The fourth-order valence-corrected chi connectivity index (χ4v) is 4.68. The first kappa shape index (κ1) is 25.5. The molecular weight excluding hydrogens is 523 g/mol. The predicted octanol–water partition coefficient (Wildman–Crippen LogP) is 6.35. The van der Waals surface area contributed by atoms with E-state index >= 15 is 0 Å². The minimum atomic E-state index is -0.777. The smallest absolute Gasteiger partial charge is 0.355 e. The standard InChI is InChI=1S/C26H20Cl2N2O5S/c1-15(34-18-10-8-17(27)9-11-18)25(31)30-29-14-16-7-12-20(21(13-16)33-2)35-26(32)24-23(28)19-5-3-4-6-22(19)36-24/h3-15H,1-2H3,(H,30,31). The van der Waals surface area contributed by atoms with Crippen molar-refractivity contribution in [1.82, 2.24) is 5.43 Å². The average molecular weight is 543 g/mol. The summed E-state index contributed by atoms with van der Waals surface area (Å²) in [6.45, 7) is 1.61. The van der Waals surface area contributed by atoms with Crippen LogP contribution in [0.15, 0.2) is 71.8 Å². The van der Waals surface area contributed by atoms with Crippen LogP contribution in [0.3, 0.4) is 0 Å². The van der Waals surface area contributed by atoms with Gasteiger partial charge in [-0.3, -0.25) is 4.79 Å². The number of hydrogen-bond donors (Lipinski definition) is 1. The van der Waals surface area contributed by atoms with Gasteiger partial charge in [-0.1, -0.05) is 41.4 Å². The fraction of sp³-hybridized carbons (Fsp3) is 0.115. The highest BCUT2D eigenvalue weighted by molar-refractivity contribution is 7.21. The molecule has 0 radical (unpaired) electrons. The lowest BCUT2D eigenvalue weighted by Crippen LogP contribution is -2.33. The molecule has 0 spiro atoms. The maximum atomic E-state index is 12.8. The molecule has 0 aliphatic rings. The molecule has 0 bridgehead atoms. The highest BCUT2D eigenvalue weighted by Crippen LogP contribution is 2.37. The van der Waals surface area contributed by atoms with E-state index in [0.717, 1.165) is 10.1 Å². The lowest BCUT2D eigenvalue weighted by atomic mass is 10.2. The van der Waals surface area contributed by atoms with Gasteiger partial charge in [-0.15, -0.1) is 11.3 Å². The van der Waals surface area contributed by atoms with E-state index in [1.54, 1.807) is 49.4 Å². The van der Waals surface area contributed by atoms with Crippen molar-refractivity contribution in [3.05, 3.63) is 87.2 Å². The molecular formula is C26H20Cl2N2O5S.